The van der Waals surface area contributed by atoms with Gasteiger partial charge in [0.1, 0.15) is 11.9 Å². The van der Waals surface area contributed by atoms with E-state index in [0.29, 0.717) is 24.5 Å². The first-order valence-corrected chi connectivity index (χ1v) is 13.8. The van der Waals surface area contributed by atoms with Gasteiger partial charge < -0.3 is 26.4 Å². The van der Waals surface area contributed by atoms with E-state index in [1.807, 2.05) is 44.2 Å². The maximum Gasteiger partial charge on any atom is 0.246 e. The van der Waals surface area contributed by atoms with E-state index in [2.05, 4.69) is 27.4 Å². The molecule has 2 atom stereocenters. The quantitative estimate of drug-likeness (QED) is 0.213. The van der Waals surface area contributed by atoms with Crippen LogP contribution in [0.25, 0.3) is 0 Å². The number of nitrogens with zero attached hydrogens (tertiary/aromatic N) is 4. The first-order chi connectivity index (χ1) is 18.7. The highest BCUT2D eigenvalue weighted by atomic mass is 16.3. The van der Waals surface area contributed by atoms with Crippen molar-refractivity contribution in [2.75, 3.05) is 45.1 Å². The van der Waals surface area contributed by atoms with Crippen molar-refractivity contribution in [3.63, 3.8) is 0 Å². The molecule has 2 heterocycles. The van der Waals surface area contributed by atoms with Crippen molar-refractivity contribution in [3.8, 4) is 0 Å². The lowest BCUT2D eigenvalue weighted by molar-refractivity contribution is -0.131. The Hall–Kier alpha value is -3.34. The van der Waals surface area contributed by atoms with E-state index in [9.17, 15) is 14.7 Å². The van der Waals surface area contributed by atoms with E-state index < -0.39 is 6.23 Å². The number of nitrogens with one attached hydrogen (secondary N) is 2. The molecule has 3 rings (SSSR count). The highest BCUT2D eigenvalue weighted by Gasteiger charge is 2.18. The molecule has 1 aliphatic rings. The third-order valence-electron chi connectivity index (χ3n) is 6.83. The number of hydrogen-bond donors (Lipinski definition) is 4. The summed E-state index contributed by atoms with van der Waals surface area (Å²) in [6.07, 6.45) is 5.78. The van der Waals surface area contributed by atoms with E-state index >= 15 is 0 Å². The highest BCUT2D eigenvalue weighted by molar-refractivity contribution is 5.91. The zero-order valence-electron chi connectivity index (χ0n) is 23.6. The Bertz CT molecular complexity index is 1150. The van der Waals surface area contributed by atoms with Crippen LogP contribution in [0.1, 0.15) is 68.4 Å². The zero-order chi connectivity index (χ0) is 28.4. The monoisotopic (exact) mass is 537 g/mol. The van der Waals surface area contributed by atoms with E-state index in [1.54, 1.807) is 7.05 Å². The summed E-state index contributed by atoms with van der Waals surface area (Å²) in [5.74, 6) is 0.0725. The Morgan fingerprint density at radius 2 is 2.00 bits per heavy atom. The lowest BCUT2D eigenvalue weighted by Gasteiger charge is -2.29. The molecule has 10 heteroatoms. The van der Waals surface area contributed by atoms with Crippen LogP contribution in [0.3, 0.4) is 0 Å². The minimum atomic E-state index is -1.25. The fourth-order valence-corrected chi connectivity index (χ4v) is 4.33. The van der Waals surface area contributed by atoms with Gasteiger partial charge in [0, 0.05) is 31.9 Å². The number of aryl methyl sites for hydroxylation is 2. The van der Waals surface area contributed by atoms with Gasteiger partial charge >= 0.3 is 0 Å². The normalized spacial score (nSPS) is 15.0. The molecule has 0 aliphatic carbocycles. The Labute approximate surface area is 231 Å². The number of benzene rings is 1. The SMILES string of the molecule is CCCc1nc(Nc2cccc([C@@H](C)CNC(=O)CN(C)C(=O)/C=C/CN3CCC3)c2)c(C(N)O)nc1CC. The van der Waals surface area contributed by atoms with E-state index in [-0.39, 0.29) is 24.3 Å². The molecule has 0 spiro atoms. The molecule has 1 unspecified atom stereocenters. The van der Waals surface area contributed by atoms with Crippen LogP contribution in [0.15, 0.2) is 36.4 Å². The maximum absolute atomic E-state index is 12.5. The van der Waals surface area contributed by atoms with Gasteiger partial charge in [0.25, 0.3) is 0 Å². The summed E-state index contributed by atoms with van der Waals surface area (Å²) in [6.45, 7) is 9.46. The molecule has 212 valence electrons. The number of rotatable bonds is 14. The number of aliphatic hydroxyl groups excluding tert-OH is 1. The van der Waals surface area contributed by atoms with Crippen molar-refractivity contribution in [1.29, 1.82) is 0 Å². The number of aromatic nitrogens is 2. The smallest absolute Gasteiger partial charge is 0.246 e. The van der Waals surface area contributed by atoms with E-state index in [0.717, 1.165) is 55.1 Å². The molecule has 1 fully saturated rings. The molecule has 1 aromatic heterocycles. The van der Waals surface area contributed by atoms with Gasteiger partial charge in [0.2, 0.25) is 11.8 Å². The Morgan fingerprint density at radius 1 is 1.23 bits per heavy atom. The van der Waals surface area contributed by atoms with Crippen LogP contribution in [0.2, 0.25) is 0 Å². The standard InChI is InChI=1S/C29H43N7O3/c1-5-10-24-23(6-2)33-27(28(30)39)29(34-24)32-22-12-7-11-21(17-22)20(3)18-31-25(37)19-35(4)26(38)13-8-14-36-15-9-16-36/h7-8,11-13,17,20,28,39H,5-6,9-10,14-16,18-19,30H2,1-4H3,(H,31,37)(H,32,34)/b13-8+/t20-,28?/m0/s1. The third-order valence-corrected chi connectivity index (χ3v) is 6.83. The van der Waals surface area contributed by atoms with Crippen molar-refractivity contribution in [1.82, 2.24) is 25.1 Å². The average molecular weight is 538 g/mol. The van der Waals surface area contributed by atoms with Gasteiger partial charge in [-0.1, -0.05) is 45.4 Å². The largest absolute Gasteiger partial charge is 0.373 e. The molecule has 1 aliphatic heterocycles. The number of hydrogen-bond acceptors (Lipinski definition) is 8. The number of likely N-dealkylation sites (N-methyl/N-ethyl adjacent to an activating group) is 1. The third kappa shape index (κ3) is 8.84. The summed E-state index contributed by atoms with van der Waals surface area (Å²) in [4.78, 5) is 37.8. The minimum absolute atomic E-state index is 0.00207. The van der Waals surface area contributed by atoms with Gasteiger partial charge in [-0.2, -0.15) is 0 Å². The van der Waals surface area contributed by atoms with Crippen LogP contribution >= 0.6 is 0 Å². The minimum Gasteiger partial charge on any atom is -0.373 e. The topological polar surface area (TPSA) is 137 Å². The lowest BCUT2D eigenvalue weighted by atomic mass is 10.0. The predicted octanol–water partition coefficient (Wildman–Crippen LogP) is 2.62. The first kappa shape index (κ1) is 30.2. The lowest BCUT2D eigenvalue weighted by Crippen LogP contribution is -2.39. The fraction of sp³-hybridized carbons (Fsp3) is 0.517. The Morgan fingerprint density at radius 3 is 2.64 bits per heavy atom. The van der Waals surface area contributed by atoms with Gasteiger partial charge in [-0.3, -0.25) is 14.5 Å². The second kappa shape index (κ2) is 14.7. The number of carbonyl (C=O) groups is 2. The zero-order valence-corrected chi connectivity index (χ0v) is 23.6. The van der Waals surface area contributed by atoms with Crippen LogP contribution in [0.5, 0.6) is 0 Å². The molecule has 39 heavy (non-hydrogen) atoms. The van der Waals surface area contributed by atoms with Crippen LogP contribution in [0, 0.1) is 0 Å². The summed E-state index contributed by atoms with van der Waals surface area (Å²) in [5, 5.41) is 16.3. The summed E-state index contributed by atoms with van der Waals surface area (Å²) in [7, 11) is 1.63. The summed E-state index contributed by atoms with van der Waals surface area (Å²) in [6, 6.07) is 7.81. The number of anilines is 2. The van der Waals surface area contributed by atoms with Crippen LogP contribution < -0.4 is 16.4 Å². The van der Waals surface area contributed by atoms with E-state index in [1.165, 1.54) is 17.4 Å². The summed E-state index contributed by atoms with van der Waals surface area (Å²) in [5.41, 5.74) is 9.65. The molecule has 0 bridgehead atoms. The van der Waals surface area contributed by atoms with Crippen molar-refractivity contribution in [3.05, 3.63) is 59.1 Å². The Kier molecular flexibility index (Phi) is 11.4. The molecule has 0 saturated carbocycles. The van der Waals surface area contributed by atoms with Crippen LogP contribution in [0.4, 0.5) is 11.5 Å². The molecule has 1 saturated heterocycles. The van der Waals surface area contributed by atoms with E-state index in [4.69, 9.17) is 10.7 Å². The summed E-state index contributed by atoms with van der Waals surface area (Å²) < 4.78 is 0. The van der Waals surface area contributed by atoms with Gasteiger partial charge in [0.05, 0.1) is 17.9 Å². The molecule has 10 nitrogen and oxygen atoms in total. The second-order valence-corrected chi connectivity index (χ2v) is 10.1. The highest BCUT2D eigenvalue weighted by Crippen LogP contribution is 2.26. The molecule has 0 radical (unpaired) electrons. The maximum atomic E-state index is 12.5. The molecule has 5 N–H and O–H groups in total. The first-order valence-electron chi connectivity index (χ1n) is 13.8. The van der Waals surface area contributed by atoms with Crippen LogP contribution in [-0.2, 0) is 22.4 Å². The predicted molar refractivity (Wildman–Crippen MR) is 154 cm³/mol. The van der Waals surface area contributed by atoms with Gasteiger partial charge in [-0.15, -0.1) is 0 Å². The van der Waals surface area contributed by atoms with Gasteiger partial charge in [-0.05, 0) is 56.0 Å². The van der Waals surface area contributed by atoms with Crippen molar-refractivity contribution in [2.45, 2.75) is 58.6 Å². The number of amides is 2. The number of carbonyl (C=O) groups excluding carboxylic acids is 2. The summed E-state index contributed by atoms with van der Waals surface area (Å²) >= 11 is 0. The molecule has 1 aromatic carbocycles. The molecular formula is C29H43N7O3. The van der Waals surface area contributed by atoms with Gasteiger partial charge in [-0.25, -0.2) is 9.97 Å². The molecule has 2 amide bonds. The molecular weight excluding hydrogens is 494 g/mol. The average Bonchev–Trinajstić information content (AvgIpc) is 2.88. The van der Waals surface area contributed by atoms with Gasteiger partial charge in [0.15, 0.2) is 5.82 Å². The fourth-order valence-electron chi connectivity index (χ4n) is 4.33. The number of nitrogens with two attached hydrogens (primary N) is 1. The number of likely N-dealkylation sites (tertiary alicyclic amines) is 1. The number of aliphatic hydroxyl groups is 1. The van der Waals surface area contributed by atoms with Crippen molar-refractivity contribution in [2.24, 2.45) is 5.73 Å². The molecule has 2 aromatic rings. The van der Waals surface area contributed by atoms with Crippen LogP contribution in [-0.4, -0.2) is 76.5 Å². The van der Waals surface area contributed by atoms with Crippen molar-refractivity contribution < 1.29 is 14.7 Å². The Balaban J connectivity index is 1.58. The second-order valence-electron chi connectivity index (χ2n) is 10.1. The van der Waals surface area contributed by atoms with Crippen molar-refractivity contribution >= 4 is 23.3 Å².